The van der Waals surface area contributed by atoms with Crippen molar-refractivity contribution in [3.05, 3.63) is 67.1 Å². The van der Waals surface area contributed by atoms with Crippen molar-refractivity contribution in [3.8, 4) is 0 Å². The fraction of sp³-hybridized carbons (Fsp3) is 0.0769. The van der Waals surface area contributed by atoms with Crippen LogP contribution in [0.5, 0.6) is 0 Å². The van der Waals surface area contributed by atoms with Crippen LogP contribution in [0.25, 0.3) is 0 Å². The molecule has 2 aromatic rings. The van der Waals surface area contributed by atoms with E-state index in [1.54, 1.807) is 18.2 Å². The van der Waals surface area contributed by atoms with Crippen molar-refractivity contribution in [1.82, 2.24) is 0 Å². The van der Waals surface area contributed by atoms with Gasteiger partial charge in [-0.3, -0.25) is 0 Å². The molecule has 1 atom stereocenters. The molecule has 19 heavy (non-hydrogen) atoms. The van der Waals surface area contributed by atoms with E-state index in [4.69, 9.17) is 11.6 Å². The Labute approximate surface area is 139 Å². The zero-order valence-corrected chi connectivity index (χ0v) is 14.7. The molecule has 0 fully saturated rings. The minimum Gasteiger partial charge on any atom is -0.207 e. The van der Waals surface area contributed by atoms with Crippen LogP contribution in [-0.4, -0.2) is 0 Å². The number of hydrogen-bond acceptors (Lipinski definition) is 0. The van der Waals surface area contributed by atoms with Crippen molar-refractivity contribution < 1.29 is 8.78 Å². The largest absolute Gasteiger partial charge is 0.207 e. The molecule has 0 spiro atoms. The third-order valence-corrected chi connectivity index (χ3v) is 4.96. The Hall–Kier alpha value is 0.0300. The summed E-state index contributed by atoms with van der Waals surface area (Å²) >= 11 is 15.7. The third kappa shape index (κ3) is 3.38. The van der Waals surface area contributed by atoms with Crippen LogP contribution in [0.2, 0.25) is 5.02 Å². The standard InChI is InChI=1S/C13H6Br3ClF2/c14-6-1-2-7(10(17)3-6)13(16)8-4-12(19)9(15)5-11(8)18/h1-5,13H. The van der Waals surface area contributed by atoms with Crippen molar-refractivity contribution in [3.63, 3.8) is 0 Å². The molecule has 1 unspecified atom stereocenters. The molecule has 2 aromatic carbocycles. The van der Waals surface area contributed by atoms with Crippen LogP contribution >= 0.6 is 59.4 Å². The Kier molecular flexibility index (Phi) is 5.04. The van der Waals surface area contributed by atoms with Gasteiger partial charge < -0.3 is 0 Å². The molecular weight excluding hydrogens is 469 g/mol. The second kappa shape index (κ2) is 6.20. The molecule has 0 heterocycles. The summed E-state index contributed by atoms with van der Waals surface area (Å²) in [6.07, 6.45) is 0. The van der Waals surface area contributed by atoms with E-state index in [1.165, 1.54) is 0 Å². The van der Waals surface area contributed by atoms with Gasteiger partial charge in [0.15, 0.2) is 0 Å². The quantitative estimate of drug-likeness (QED) is 0.338. The highest BCUT2D eigenvalue weighted by molar-refractivity contribution is 9.10. The van der Waals surface area contributed by atoms with Crippen LogP contribution in [0, 0.1) is 11.6 Å². The number of benzene rings is 2. The van der Waals surface area contributed by atoms with Crippen molar-refractivity contribution >= 4 is 59.4 Å². The number of hydrogen-bond donors (Lipinski definition) is 0. The fourth-order valence-corrected chi connectivity index (χ4v) is 3.59. The monoisotopic (exact) mass is 472 g/mol. The first-order chi connectivity index (χ1) is 8.90. The van der Waals surface area contributed by atoms with Crippen LogP contribution in [0.15, 0.2) is 39.3 Å². The van der Waals surface area contributed by atoms with Gasteiger partial charge >= 0.3 is 0 Å². The topological polar surface area (TPSA) is 0 Å². The maximum atomic E-state index is 13.9. The Bertz CT molecular complexity index is 632. The summed E-state index contributed by atoms with van der Waals surface area (Å²) in [7, 11) is 0. The van der Waals surface area contributed by atoms with Crippen LogP contribution < -0.4 is 0 Å². The van der Waals surface area contributed by atoms with Gasteiger partial charge in [-0.25, -0.2) is 8.78 Å². The van der Waals surface area contributed by atoms with Gasteiger partial charge in [-0.2, -0.15) is 0 Å². The maximum Gasteiger partial charge on any atom is 0.137 e. The molecule has 0 aromatic heterocycles. The number of halogens is 6. The van der Waals surface area contributed by atoms with Crippen LogP contribution in [0.3, 0.4) is 0 Å². The summed E-state index contributed by atoms with van der Waals surface area (Å²) in [6.45, 7) is 0. The highest BCUT2D eigenvalue weighted by Crippen LogP contribution is 2.38. The SMILES string of the molecule is Fc1cc(C(Br)c2ccc(Br)cc2Cl)c(F)cc1Br. The lowest BCUT2D eigenvalue weighted by Gasteiger charge is -2.14. The molecule has 0 aliphatic heterocycles. The highest BCUT2D eigenvalue weighted by Gasteiger charge is 2.19. The van der Waals surface area contributed by atoms with Crippen molar-refractivity contribution in [1.29, 1.82) is 0 Å². The second-order valence-electron chi connectivity index (χ2n) is 3.82. The van der Waals surface area contributed by atoms with Gasteiger partial charge in [-0.05, 0) is 45.8 Å². The summed E-state index contributed by atoms with van der Waals surface area (Å²) < 4.78 is 28.3. The summed E-state index contributed by atoms with van der Waals surface area (Å²) in [6, 6.07) is 7.51. The average molecular weight is 475 g/mol. The lowest BCUT2D eigenvalue weighted by atomic mass is 10.0. The molecule has 0 amide bonds. The molecule has 0 N–H and O–H groups in total. The van der Waals surface area contributed by atoms with E-state index in [9.17, 15) is 8.78 Å². The molecule has 6 heteroatoms. The maximum absolute atomic E-state index is 13.9. The van der Waals surface area contributed by atoms with Crippen LogP contribution in [0.4, 0.5) is 8.78 Å². The Morgan fingerprint density at radius 2 is 1.63 bits per heavy atom. The van der Waals surface area contributed by atoms with E-state index in [-0.39, 0.29) is 10.0 Å². The van der Waals surface area contributed by atoms with Gasteiger partial charge in [-0.1, -0.05) is 49.5 Å². The predicted molar refractivity (Wildman–Crippen MR) is 84.0 cm³/mol. The van der Waals surface area contributed by atoms with Crippen molar-refractivity contribution in [2.45, 2.75) is 4.83 Å². The van der Waals surface area contributed by atoms with Crippen molar-refractivity contribution in [2.75, 3.05) is 0 Å². The molecular formula is C13H6Br3ClF2. The van der Waals surface area contributed by atoms with Gasteiger partial charge in [0.25, 0.3) is 0 Å². The molecule has 0 aliphatic carbocycles. The molecule has 0 nitrogen and oxygen atoms in total. The molecule has 0 radical (unpaired) electrons. The summed E-state index contributed by atoms with van der Waals surface area (Å²) in [5, 5.41) is 0.471. The average Bonchev–Trinajstić information content (AvgIpc) is 2.33. The van der Waals surface area contributed by atoms with E-state index >= 15 is 0 Å². The number of rotatable bonds is 2. The van der Waals surface area contributed by atoms with E-state index in [2.05, 4.69) is 47.8 Å². The first kappa shape index (κ1) is 15.4. The minimum atomic E-state index is -0.519. The molecule has 0 bridgehead atoms. The lowest BCUT2D eigenvalue weighted by molar-refractivity contribution is 0.583. The van der Waals surface area contributed by atoms with E-state index in [1.807, 2.05) is 0 Å². The van der Waals surface area contributed by atoms with E-state index < -0.39 is 16.5 Å². The smallest absolute Gasteiger partial charge is 0.137 e. The van der Waals surface area contributed by atoms with Gasteiger partial charge in [0.1, 0.15) is 11.6 Å². The number of alkyl halides is 1. The van der Waals surface area contributed by atoms with Gasteiger partial charge in [0, 0.05) is 15.1 Å². The summed E-state index contributed by atoms with van der Waals surface area (Å²) in [4.78, 5) is -0.518. The third-order valence-electron chi connectivity index (χ3n) is 2.55. The fourth-order valence-electron chi connectivity index (χ4n) is 1.61. The molecule has 2 rings (SSSR count). The van der Waals surface area contributed by atoms with Gasteiger partial charge in [0.2, 0.25) is 0 Å². The highest BCUT2D eigenvalue weighted by atomic mass is 79.9. The van der Waals surface area contributed by atoms with Gasteiger partial charge in [-0.15, -0.1) is 0 Å². The molecule has 100 valence electrons. The molecule has 0 saturated carbocycles. The Morgan fingerprint density at radius 3 is 2.26 bits per heavy atom. The van der Waals surface area contributed by atoms with Gasteiger partial charge in [0.05, 0.1) is 9.30 Å². The minimum absolute atomic E-state index is 0.0929. The first-order valence-corrected chi connectivity index (χ1v) is 8.01. The van der Waals surface area contributed by atoms with E-state index in [0.29, 0.717) is 10.6 Å². The molecule has 0 aliphatic rings. The second-order valence-corrected chi connectivity index (χ2v) is 6.91. The van der Waals surface area contributed by atoms with Crippen LogP contribution in [-0.2, 0) is 0 Å². The normalized spacial score (nSPS) is 12.5. The summed E-state index contributed by atoms with van der Waals surface area (Å²) in [5.74, 6) is -1.02. The Balaban J connectivity index is 2.49. The van der Waals surface area contributed by atoms with Crippen LogP contribution in [0.1, 0.15) is 16.0 Å². The first-order valence-electron chi connectivity index (χ1n) is 5.13. The zero-order chi connectivity index (χ0) is 14.2. The van der Waals surface area contributed by atoms with Crippen molar-refractivity contribution in [2.24, 2.45) is 0 Å². The summed E-state index contributed by atoms with van der Waals surface area (Å²) in [5.41, 5.74) is 0.871. The lowest BCUT2D eigenvalue weighted by Crippen LogP contribution is -1.99. The van der Waals surface area contributed by atoms with E-state index in [0.717, 1.165) is 16.6 Å². The predicted octanol–water partition coefficient (Wildman–Crippen LogP) is 6.63. The Morgan fingerprint density at radius 1 is 0.947 bits per heavy atom. The molecule has 0 saturated heterocycles. The zero-order valence-electron chi connectivity index (χ0n) is 9.23.